The molecule has 1 N–H and O–H groups in total. The Kier molecular flexibility index (Phi) is 10.2. The number of rotatable bonds is 12. The summed E-state index contributed by atoms with van der Waals surface area (Å²) < 4.78 is 22.9. The van der Waals surface area contributed by atoms with Gasteiger partial charge in [-0.1, -0.05) is 26.7 Å². The van der Waals surface area contributed by atoms with Gasteiger partial charge in [0.1, 0.15) is 0 Å². The first-order chi connectivity index (χ1) is 10.2. The minimum Gasteiger partial charge on any atom is -0.351 e. The summed E-state index contributed by atoms with van der Waals surface area (Å²) >= 11 is 0. The van der Waals surface area contributed by atoms with Gasteiger partial charge in [0, 0.05) is 26.3 Å². The topological polar surface area (TPSA) is 49.0 Å². The average molecular weight is 303 g/mol. The summed E-state index contributed by atoms with van der Waals surface area (Å²) in [6, 6.07) is 0. The van der Waals surface area contributed by atoms with Crippen molar-refractivity contribution in [1.29, 1.82) is 0 Å². The summed E-state index contributed by atoms with van der Waals surface area (Å²) in [6.07, 6.45) is 4.38. The number of unbranched alkanes of at least 4 members (excludes halogenated alkanes) is 2. The van der Waals surface area contributed by atoms with Crippen molar-refractivity contribution in [2.75, 3.05) is 26.3 Å². The van der Waals surface area contributed by atoms with Crippen molar-refractivity contribution in [2.24, 2.45) is 0 Å². The van der Waals surface area contributed by atoms with Gasteiger partial charge in [-0.15, -0.1) is 0 Å². The van der Waals surface area contributed by atoms with Crippen molar-refractivity contribution >= 4 is 0 Å². The van der Waals surface area contributed by atoms with Crippen LogP contribution in [0.3, 0.4) is 0 Å². The second-order valence-electron chi connectivity index (χ2n) is 5.65. The molecular formula is C16H33NO4. The number of hydrogen-bond donors (Lipinski definition) is 1. The Morgan fingerprint density at radius 2 is 1.48 bits per heavy atom. The maximum atomic E-state index is 5.77. The van der Waals surface area contributed by atoms with Gasteiger partial charge in [-0.3, -0.25) is 0 Å². The highest BCUT2D eigenvalue weighted by molar-refractivity contribution is 4.70. The summed E-state index contributed by atoms with van der Waals surface area (Å²) in [4.78, 5) is 0. The zero-order valence-electron chi connectivity index (χ0n) is 14.1. The van der Waals surface area contributed by atoms with Crippen LogP contribution in [0.4, 0.5) is 0 Å². The van der Waals surface area contributed by atoms with E-state index in [1.165, 1.54) is 0 Å². The lowest BCUT2D eigenvalue weighted by atomic mass is 10.3. The van der Waals surface area contributed by atoms with E-state index >= 15 is 0 Å². The van der Waals surface area contributed by atoms with Gasteiger partial charge in [0.05, 0.1) is 12.2 Å². The van der Waals surface area contributed by atoms with Crippen molar-refractivity contribution in [1.82, 2.24) is 5.32 Å². The lowest BCUT2D eigenvalue weighted by molar-refractivity contribution is -0.143. The van der Waals surface area contributed by atoms with Crippen LogP contribution in [0.5, 0.6) is 0 Å². The maximum absolute atomic E-state index is 5.77. The summed E-state index contributed by atoms with van der Waals surface area (Å²) in [7, 11) is 0. The van der Waals surface area contributed by atoms with Gasteiger partial charge in [0.2, 0.25) is 0 Å². The Bertz CT molecular complexity index is 232. The van der Waals surface area contributed by atoms with Crippen molar-refractivity contribution in [3.63, 3.8) is 0 Å². The molecule has 0 spiro atoms. The van der Waals surface area contributed by atoms with E-state index in [9.17, 15) is 0 Å². The van der Waals surface area contributed by atoms with Crippen LogP contribution in [0.2, 0.25) is 0 Å². The van der Waals surface area contributed by atoms with Crippen molar-refractivity contribution < 1.29 is 18.9 Å². The smallest absolute Gasteiger partial charge is 0.170 e. The molecule has 2 unspecified atom stereocenters. The minimum absolute atomic E-state index is 0.161. The van der Waals surface area contributed by atoms with Crippen LogP contribution in [-0.2, 0) is 18.9 Å². The van der Waals surface area contributed by atoms with Crippen molar-refractivity contribution in [3.8, 4) is 0 Å². The molecule has 5 heteroatoms. The molecule has 0 aromatic rings. The van der Waals surface area contributed by atoms with Gasteiger partial charge >= 0.3 is 0 Å². The Morgan fingerprint density at radius 1 is 0.952 bits per heavy atom. The molecule has 1 aliphatic rings. The molecule has 1 fully saturated rings. The quantitative estimate of drug-likeness (QED) is 0.444. The third-order valence-electron chi connectivity index (χ3n) is 3.62. The van der Waals surface area contributed by atoms with Gasteiger partial charge in [-0.25, -0.2) is 0 Å². The zero-order valence-corrected chi connectivity index (χ0v) is 14.1. The predicted molar refractivity (Wildman–Crippen MR) is 83.3 cm³/mol. The molecule has 1 heterocycles. The molecule has 0 bridgehead atoms. The predicted octanol–water partition coefficient (Wildman–Crippen LogP) is 2.69. The molecule has 1 rings (SSSR count). The van der Waals surface area contributed by atoms with Crippen LogP contribution in [0.15, 0.2) is 0 Å². The normalized spacial score (nSPS) is 25.9. The van der Waals surface area contributed by atoms with Gasteiger partial charge < -0.3 is 24.3 Å². The fraction of sp³-hybridized carbons (Fsp3) is 1.00. The second-order valence-corrected chi connectivity index (χ2v) is 5.65. The molecule has 0 aromatic heterocycles. The van der Waals surface area contributed by atoms with Gasteiger partial charge in [0.15, 0.2) is 12.6 Å². The molecule has 126 valence electrons. The number of hydrogen-bond acceptors (Lipinski definition) is 5. The molecular weight excluding hydrogens is 270 g/mol. The first-order valence-electron chi connectivity index (χ1n) is 8.42. The fourth-order valence-electron chi connectivity index (χ4n) is 2.03. The van der Waals surface area contributed by atoms with Gasteiger partial charge in [-0.2, -0.15) is 0 Å². The minimum atomic E-state index is -0.181. The van der Waals surface area contributed by atoms with Gasteiger partial charge in [-0.05, 0) is 26.7 Å². The van der Waals surface area contributed by atoms with Crippen LogP contribution >= 0.6 is 0 Å². The van der Waals surface area contributed by atoms with Crippen LogP contribution < -0.4 is 5.32 Å². The molecule has 21 heavy (non-hydrogen) atoms. The van der Waals surface area contributed by atoms with Crippen LogP contribution in [0.1, 0.15) is 53.4 Å². The average Bonchev–Trinajstić information content (AvgIpc) is 2.77. The molecule has 5 nitrogen and oxygen atoms in total. The Labute approximate surface area is 129 Å². The standard InChI is InChI=1S/C16H33NO4/c1-5-7-9-18-15(19-10-8-6-2)11-17-12-16-20-13(3)14(4)21-16/h13-17H,5-12H2,1-4H3. The Hall–Kier alpha value is -0.200. The van der Waals surface area contributed by atoms with Crippen LogP contribution in [-0.4, -0.2) is 51.1 Å². The molecule has 0 amide bonds. The zero-order chi connectivity index (χ0) is 15.5. The fourth-order valence-corrected chi connectivity index (χ4v) is 2.03. The molecule has 1 aliphatic heterocycles. The summed E-state index contributed by atoms with van der Waals surface area (Å²) in [5.74, 6) is 0. The van der Waals surface area contributed by atoms with E-state index in [-0.39, 0.29) is 24.8 Å². The number of nitrogens with one attached hydrogen (secondary N) is 1. The highest BCUT2D eigenvalue weighted by Gasteiger charge is 2.29. The first kappa shape index (κ1) is 18.8. The summed E-state index contributed by atoms with van der Waals surface area (Å²) in [5.41, 5.74) is 0. The Morgan fingerprint density at radius 3 is 1.95 bits per heavy atom. The Balaban J connectivity index is 2.17. The van der Waals surface area contributed by atoms with Crippen molar-refractivity contribution in [3.05, 3.63) is 0 Å². The summed E-state index contributed by atoms with van der Waals surface area (Å²) in [6.45, 7) is 11.2. The van der Waals surface area contributed by atoms with E-state index in [0.29, 0.717) is 13.1 Å². The van der Waals surface area contributed by atoms with E-state index in [2.05, 4.69) is 19.2 Å². The lowest BCUT2D eigenvalue weighted by Gasteiger charge is -2.20. The molecule has 0 aromatic carbocycles. The molecule has 0 aliphatic carbocycles. The first-order valence-corrected chi connectivity index (χ1v) is 8.42. The van der Waals surface area contributed by atoms with E-state index in [0.717, 1.165) is 38.9 Å². The third-order valence-corrected chi connectivity index (χ3v) is 3.62. The SMILES string of the molecule is CCCCOC(CNCC1OC(C)C(C)O1)OCCCC. The van der Waals surface area contributed by atoms with Crippen molar-refractivity contribution in [2.45, 2.75) is 78.2 Å². The second kappa shape index (κ2) is 11.4. The maximum Gasteiger partial charge on any atom is 0.170 e. The number of ether oxygens (including phenoxy) is 4. The van der Waals surface area contributed by atoms with Crippen LogP contribution in [0.25, 0.3) is 0 Å². The van der Waals surface area contributed by atoms with E-state index in [4.69, 9.17) is 18.9 Å². The van der Waals surface area contributed by atoms with E-state index in [1.54, 1.807) is 0 Å². The molecule has 0 radical (unpaired) electrons. The molecule has 2 atom stereocenters. The third kappa shape index (κ3) is 8.12. The van der Waals surface area contributed by atoms with Crippen LogP contribution in [0, 0.1) is 0 Å². The molecule has 1 saturated heterocycles. The highest BCUT2D eigenvalue weighted by Crippen LogP contribution is 2.17. The van der Waals surface area contributed by atoms with Gasteiger partial charge in [0.25, 0.3) is 0 Å². The highest BCUT2D eigenvalue weighted by atomic mass is 16.7. The monoisotopic (exact) mass is 303 g/mol. The molecule has 0 saturated carbocycles. The summed E-state index contributed by atoms with van der Waals surface area (Å²) in [5, 5.41) is 3.32. The van der Waals surface area contributed by atoms with E-state index < -0.39 is 0 Å². The van der Waals surface area contributed by atoms with E-state index in [1.807, 2.05) is 13.8 Å². The largest absolute Gasteiger partial charge is 0.351 e. The lowest BCUT2D eigenvalue weighted by Crippen LogP contribution is -2.36.